The fourth-order valence-corrected chi connectivity index (χ4v) is 1.35. The van der Waals surface area contributed by atoms with Gasteiger partial charge in [0.1, 0.15) is 0 Å². The Bertz CT molecular complexity index is 323. The van der Waals surface area contributed by atoms with Crippen LogP contribution in [0.4, 0.5) is 0 Å². The molecule has 3 nitrogen and oxygen atoms in total. The highest BCUT2D eigenvalue weighted by molar-refractivity contribution is 5.95. The third kappa shape index (κ3) is 3.36. The van der Waals surface area contributed by atoms with Gasteiger partial charge in [0.05, 0.1) is 6.61 Å². The normalized spacial score (nSPS) is 10.0. The second kappa shape index (κ2) is 6.19. The van der Waals surface area contributed by atoms with E-state index in [4.69, 9.17) is 5.11 Å². The summed E-state index contributed by atoms with van der Waals surface area (Å²) in [4.78, 5) is 11.7. The van der Waals surface area contributed by atoms with Crippen LogP contribution in [0.1, 0.15) is 35.7 Å². The number of hydrogen-bond donors (Lipinski definition) is 2. The number of carbonyl (C=O) groups is 1. The van der Waals surface area contributed by atoms with E-state index in [1.54, 1.807) is 18.2 Å². The van der Waals surface area contributed by atoms with Gasteiger partial charge >= 0.3 is 0 Å². The Morgan fingerprint density at radius 1 is 1.40 bits per heavy atom. The molecule has 0 aliphatic heterocycles. The van der Waals surface area contributed by atoms with Crippen LogP contribution in [0, 0.1) is 0 Å². The molecule has 1 aromatic carbocycles. The van der Waals surface area contributed by atoms with Crippen LogP contribution in [0.3, 0.4) is 0 Å². The van der Waals surface area contributed by atoms with E-state index < -0.39 is 0 Å². The third-order valence-corrected chi connectivity index (χ3v) is 2.25. The Morgan fingerprint density at radius 2 is 2.13 bits per heavy atom. The van der Waals surface area contributed by atoms with E-state index in [9.17, 15) is 4.79 Å². The zero-order valence-corrected chi connectivity index (χ0v) is 8.99. The van der Waals surface area contributed by atoms with Gasteiger partial charge in [-0.2, -0.15) is 0 Å². The van der Waals surface area contributed by atoms with Crippen LogP contribution in [0.5, 0.6) is 0 Å². The number of nitrogens with one attached hydrogen (secondary N) is 1. The van der Waals surface area contributed by atoms with E-state index in [2.05, 4.69) is 12.2 Å². The van der Waals surface area contributed by atoms with Gasteiger partial charge in [-0.1, -0.05) is 31.5 Å². The summed E-state index contributed by atoms with van der Waals surface area (Å²) < 4.78 is 0. The molecule has 3 heteroatoms. The molecule has 1 rings (SSSR count). The van der Waals surface area contributed by atoms with Crippen molar-refractivity contribution in [1.29, 1.82) is 0 Å². The molecule has 0 aliphatic carbocycles. The number of rotatable bonds is 5. The van der Waals surface area contributed by atoms with Crippen molar-refractivity contribution in [3.63, 3.8) is 0 Å². The highest BCUT2D eigenvalue weighted by Gasteiger charge is 2.08. The first-order valence-corrected chi connectivity index (χ1v) is 5.26. The molecule has 0 fully saturated rings. The molecule has 0 heterocycles. The molecule has 0 atom stereocenters. The maximum atomic E-state index is 11.7. The van der Waals surface area contributed by atoms with Gasteiger partial charge < -0.3 is 10.4 Å². The highest BCUT2D eigenvalue weighted by atomic mass is 16.3. The average molecular weight is 207 g/mol. The summed E-state index contributed by atoms with van der Waals surface area (Å²) in [7, 11) is 0. The van der Waals surface area contributed by atoms with Gasteiger partial charge in [0, 0.05) is 12.1 Å². The average Bonchev–Trinajstić information content (AvgIpc) is 2.29. The van der Waals surface area contributed by atoms with Crippen LogP contribution in [0.15, 0.2) is 24.3 Å². The lowest BCUT2D eigenvalue weighted by Crippen LogP contribution is -2.25. The lowest BCUT2D eigenvalue weighted by molar-refractivity contribution is 0.0950. The standard InChI is InChI=1S/C12H17NO2/c1-2-3-8-13-12(15)11-7-5-4-6-10(11)9-14/h4-7,14H,2-3,8-9H2,1H3,(H,13,15). The first-order valence-electron chi connectivity index (χ1n) is 5.26. The first-order chi connectivity index (χ1) is 7.29. The maximum absolute atomic E-state index is 11.7. The van der Waals surface area contributed by atoms with Crippen LogP contribution in [0.25, 0.3) is 0 Å². The third-order valence-electron chi connectivity index (χ3n) is 2.25. The van der Waals surface area contributed by atoms with Crippen LogP contribution in [0.2, 0.25) is 0 Å². The second-order valence-corrected chi connectivity index (χ2v) is 3.42. The summed E-state index contributed by atoms with van der Waals surface area (Å²) in [6.45, 7) is 2.67. The number of benzene rings is 1. The summed E-state index contributed by atoms with van der Waals surface area (Å²) in [5.74, 6) is -0.104. The molecule has 1 aromatic rings. The molecular weight excluding hydrogens is 190 g/mol. The molecule has 15 heavy (non-hydrogen) atoms. The lowest BCUT2D eigenvalue weighted by Gasteiger charge is -2.07. The minimum atomic E-state index is -0.104. The number of hydrogen-bond acceptors (Lipinski definition) is 2. The zero-order valence-electron chi connectivity index (χ0n) is 8.99. The molecule has 0 radical (unpaired) electrons. The zero-order chi connectivity index (χ0) is 11.1. The topological polar surface area (TPSA) is 49.3 Å². The SMILES string of the molecule is CCCCNC(=O)c1ccccc1CO. The van der Waals surface area contributed by atoms with Crippen molar-refractivity contribution >= 4 is 5.91 Å². The fourth-order valence-electron chi connectivity index (χ4n) is 1.35. The van der Waals surface area contributed by atoms with Gasteiger partial charge in [0.25, 0.3) is 5.91 Å². The van der Waals surface area contributed by atoms with Gasteiger partial charge in [-0.15, -0.1) is 0 Å². The van der Waals surface area contributed by atoms with Crippen molar-refractivity contribution in [3.8, 4) is 0 Å². The molecule has 0 saturated heterocycles. The Kier molecular flexibility index (Phi) is 4.84. The van der Waals surface area contributed by atoms with E-state index in [1.165, 1.54) is 0 Å². The van der Waals surface area contributed by atoms with Gasteiger partial charge in [-0.05, 0) is 18.1 Å². The second-order valence-electron chi connectivity index (χ2n) is 3.42. The fraction of sp³-hybridized carbons (Fsp3) is 0.417. The van der Waals surface area contributed by atoms with Crippen molar-refractivity contribution in [2.24, 2.45) is 0 Å². The Balaban J connectivity index is 2.64. The number of amides is 1. The van der Waals surface area contributed by atoms with Gasteiger partial charge in [0.2, 0.25) is 0 Å². The van der Waals surface area contributed by atoms with E-state index >= 15 is 0 Å². The maximum Gasteiger partial charge on any atom is 0.251 e. The summed E-state index contributed by atoms with van der Waals surface area (Å²) >= 11 is 0. The van der Waals surface area contributed by atoms with Gasteiger partial charge in [-0.25, -0.2) is 0 Å². The van der Waals surface area contributed by atoms with E-state index in [-0.39, 0.29) is 12.5 Å². The van der Waals surface area contributed by atoms with Crippen LogP contribution >= 0.6 is 0 Å². The smallest absolute Gasteiger partial charge is 0.251 e. The molecule has 82 valence electrons. The van der Waals surface area contributed by atoms with Crippen molar-refractivity contribution in [3.05, 3.63) is 35.4 Å². The quantitative estimate of drug-likeness (QED) is 0.722. The van der Waals surface area contributed by atoms with Crippen molar-refractivity contribution in [2.75, 3.05) is 6.54 Å². The summed E-state index contributed by atoms with van der Waals surface area (Å²) in [5.41, 5.74) is 1.24. The van der Waals surface area contributed by atoms with Gasteiger partial charge in [-0.3, -0.25) is 4.79 Å². The number of unbranched alkanes of at least 4 members (excludes halogenated alkanes) is 1. The van der Waals surface area contributed by atoms with E-state index in [0.717, 1.165) is 12.8 Å². The molecule has 2 N–H and O–H groups in total. The van der Waals surface area contributed by atoms with E-state index in [0.29, 0.717) is 17.7 Å². The highest BCUT2D eigenvalue weighted by Crippen LogP contribution is 2.08. The van der Waals surface area contributed by atoms with Crippen molar-refractivity contribution in [2.45, 2.75) is 26.4 Å². The summed E-state index contributed by atoms with van der Waals surface area (Å²) in [6.07, 6.45) is 2.04. The molecule has 0 aliphatic rings. The van der Waals surface area contributed by atoms with Crippen LogP contribution < -0.4 is 5.32 Å². The predicted octanol–water partition coefficient (Wildman–Crippen LogP) is 1.71. The molecular formula is C12H17NO2. The Hall–Kier alpha value is -1.35. The monoisotopic (exact) mass is 207 g/mol. The molecule has 1 amide bonds. The van der Waals surface area contributed by atoms with Gasteiger partial charge in [0.15, 0.2) is 0 Å². The van der Waals surface area contributed by atoms with Crippen molar-refractivity contribution in [1.82, 2.24) is 5.32 Å². The molecule has 0 spiro atoms. The van der Waals surface area contributed by atoms with Crippen molar-refractivity contribution < 1.29 is 9.90 Å². The minimum Gasteiger partial charge on any atom is -0.392 e. The molecule has 0 aromatic heterocycles. The number of carbonyl (C=O) groups excluding carboxylic acids is 1. The van der Waals surface area contributed by atoms with E-state index in [1.807, 2.05) is 6.07 Å². The Labute approximate surface area is 90.1 Å². The largest absolute Gasteiger partial charge is 0.392 e. The summed E-state index contributed by atoms with van der Waals surface area (Å²) in [5, 5.41) is 11.9. The van der Waals surface area contributed by atoms with Crippen LogP contribution in [-0.4, -0.2) is 17.6 Å². The van der Waals surface area contributed by atoms with Crippen LogP contribution in [-0.2, 0) is 6.61 Å². The molecule has 0 bridgehead atoms. The minimum absolute atomic E-state index is 0.0998. The Morgan fingerprint density at radius 3 is 2.80 bits per heavy atom. The lowest BCUT2D eigenvalue weighted by atomic mass is 10.1. The predicted molar refractivity (Wildman–Crippen MR) is 59.6 cm³/mol. The first kappa shape index (κ1) is 11.7. The molecule has 0 unspecified atom stereocenters. The molecule has 0 saturated carbocycles. The number of aliphatic hydroxyl groups is 1. The number of aliphatic hydroxyl groups excluding tert-OH is 1. The summed E-state index contributed by atoms with van der Waals surface area (Å²) in [6, 6.07) is 7.10.